The molecule has 19 N–H and O–H groups in total. The summed E-state index contributed by atoms with van der Waals surface area (Å²) in [6.07, 6.45) is -39.6. The van der Waals surface area contributed by atoms with Crippen molar-refractivity contribution in [1.82, 2.24) is 0 Å². The van der Waals surface area contributed by atoms with Crippen LogP contribution < -0.4 is 0 Å². The molecule has 0 spiro atoms. The van der Waals surface area contributed by atoms with E-state index < -0.39 is 238 Å². The molecule has 0 unspecified atom stereocenters. The van der Waals surface area contributed by atoms with Crippen LogP contribution in [0.3, 0.4) is 0 Å². The summed E-state index contributed by atoms with van der Waals surface area (Å²) in [6, 6.07) is 0. The fourth-order valence-electron chi connectivity index (χ4n) is 17.2. The lowest BCUT2D eigenvalue weighted by molar-refractivity contribution is -0.380. The highest BCUT2D eigenvalue weighted by atomic mass is 16.8. The third-order valence-corrected chi connectivity index (χ3v) is 23.1. The fraction of sp³-hybridized carbons (Fsp3) is 0.967. The number of hydrogen-bond acceptors (Lipinski definition) is 30. The Morgan fingerprint density at radius 2 is 0.967 bits per heavy atom. The monoisotopic (exact) mass is 1320 g/mol. The Morgan fingerprint density at radius 1 is 0.527 bits per heavy atom. The second kappa shape index (κ2) is 28.4. The minimum Gasteiger partial charge on any atom is -0.394 e. The Hall–Kier alpha value is -1.46. The molecule has 30 heteroatoms. The minimum absolute atomic E-state index is 0.000967. The van der Waals surface area contributed by atoms with Gasteiger partial charge in [-0.25, -0.2) is 0 Å². The van der Waals surface area contributed by atoms with Crippen molar-refractivity contribution in [2.45, 2.75) is 284 Å². The topological polar surface area (TPSA) is 486 Å². The summed E-state index contributed by atoms with van der Waals surface area (Å²) < 4.78 is 65.9. The van der Waals surface area contributed by atoms with Crippen LogP contribution in [0, 0.1) is 45.3 Å². The van der Waals surface area contributed by atoms with Crippen LogP contribution in [-0.4, -0.2) is 321 Å². The van der Waals surface area contributed by atoms with Crippen LogP contribution in [0.5, 0.6) is 0 Å². The summed E-state index contributed by atoms with van der Waals surface area (Å²) >= 11 is 0. The highest BCUT2D eigenvalue weighted by Crippen LogP contribution is 2.75. The zero-order valence-electron chi connectivity index (χ0n) is 53.1. The lowest BCUT2D eigenvalue weighted by atomic mass is 9.37. The van der Waals surface area contributed by atoms with Gasteiger partial charge in [-0.05, 0) is 87.4 Å². The molecule has 0 amide bonds. The predicted molar refractivity (Wildman–Crippen MR) is 306 cm³/mol. The lowest BCUT2D eigenvalue weighted by Crippen LogP contribution is -2.68. The van der Waals surface area contributed by atoms with Crippen molar-refractivity contribution in [3.63, 3.8) is 0 Å². The summed E-state index contributed by atoms with van der Waals surface area (Å²) in [4.78, 5) is 0. The van der Waals surface area contributed by atoms with Crippen molar-refractivity contribution in [3.8, 4) is 0 Å². The molecule has 5 saturated heterocycles. The molecule has 9 rings (SSSR count). The zero-order valence-corrected chi connectivity index (χ0v) is 53.1. The van der Waals surface area contributed by atoms with Crippen molar-refractivity contribution in [3.05, 3.63) is 11.6 Å². The average molecular weight is 1320 g/mol. The SMILES string of the molecule is CO[C@H]1C=C2[C@@H](CC[C@H](O[C@@H]3O[C@H](CO[C@@H]4O[C@H](CO)[C@@H](O)[C@H](O)[C@H]4O)[C@@H](O)[C@H](O)[C@H]3O)C2(C)C)[C@@]2(C)[C@H](O)C[C@]3(C)[C@@H]([C@H](C)CC[C@@H](O[C@@H]4O[C@H](CO[C@@H]5O[C@H](CO)[C@@H](O)[C@H](O)[C@H]5O)[C@@H](O)[C@H](O)[C@H]4O[C@@H]4O[C@H](CO)[C@@H](O)[C@H](O)[C@H]4O)C(C)(C)O)CC[C@@]3(C)[C@H]12. The van der Waals surface area contributed by atoms with Crippen LogP contribution in [0.2, 0.25) is 0 Å². The van der Waals surface area contributed by atoms with Gasteiger partial charge in [-0.15, -0.1) is 0 Å². The normalized spacial score (nSPS) is 51.7. The molecule has 0 radical (unpaired) electrons. The van der Waals surface area contributed by atoms with Gasteiger partial charge in [-0.2, -0.15) is 0 Å². The van der Waals surface area contributed by atoms with Gasteiger partial charge in [0, 0.05) is 23.9 Å². The first kappa shape index (κ1) is 73.8. The molecule has 4 aliphatic carbocycles. The van der Waals surface area contributed by atoms with Crippen molar-refractivity contribution in [2.75, 3.05) is 40.1 Å². The number of methoxy groups -OCH3 is 1. The van der Waals surface area contributed by atoms with E-state index in [-0.39, 0.29) is 30.1 Å². The molecule has 0 bridgehead atoms. The second-order valence-electron chi connectivity index (χ2n) is 29.1. The van der Waals surface area contributed by atoms with Gasteiger partial charge in [0.1, 0.15) is 122 Å². The maximum Gasteiger partial charge on any atom is 0.187 e. The molecule has 528 valence electrons. The Labute approximate surface area is 528 Å². The molecule has 36 atom stereocenters. The van der Waals surface area contributed by atoms with Crippen molar-refractivity contribution in [1.29, 1.82) is 0 Å². The van der Waals surface area contributed by atoms with Crippen molar-refractivity contribution in [2.24, 2.45) is 45.3 Å². The molecule has 0 aromatic heterocycles. The molecule has 30 nitrogen and oxygen atoms in total. The maximum absolute atomic E-state index is 13.0. The smallest absolute Gasteiger partial charge is 0.187 e. The van der Waals surface area contributed by atoms with Crippen LogP contribution in [0.1, 0.15) is 100 Å². The van der Waals surface area contributed by atoms with E-state index in [1.165, 1.54) is 13.8 Å². The second-order valence-corrected chi connectivity index (χ2v) is 29.1. The van der Waals surface area contributed by atoms with E-state index in [2.05, 4.69) is 33.8 Å². The maximum atomic E-state index is 13.0. The third kappa shape index (κ3) is 13.4. The van der Waals surface area contributed by atoms with Crippen LogP contribution in [0.25, 0.3) is 0 Å². The standard InChI is InChI=1S/C61H104O30/c1-23(10-12-35(58(4,5)80)90-56-50(91-55-49(79)43(73)38(68)30(20-64)86-55)45(75)40(70)32(88-56)22-83-53-47(77)42(72)37(67)29(19-63)85-53)24-14-15-59(6)51-27(81-9)16-26-25(61(51,8)33(65)17-60(24,59)7)11-13-34(57(26,2)3)89-54-48(78)44(74)39(69)31(87-54)21-82-52-46(76)41(71)36(66)28(18-62)84-52/h16,23-25,27-56,62-80H,10-15,17-22H2,1-9H3/t23-,24-,25-,27+,28-,29-,30-,31-,32-,33-,34+,35-,36-,37-,38-,39-,40-,41+,42+,43+,44+,45+,46-,47-,48-,49-,50-,51+,52-,53-,54+,55+,56+,59+,60-,61+/m1/s1. The average Bonchev–Trinajstić information content (AvgIpc) is 1.66. The van der Waals surface area contributed by atoms with Gasteiger partial charge < -0.3 is 149 Å². The van der Waals surface area contributed by atoms with E-state index in [1.54, 1.807) is 7.11 Å². The van der Waals surface area contributed by atoms with Gasteiger partial charge in [0.05, 0.1) is 63.1 Å². The minimum atomic E-state index is -1.97. The van der Waals surface area contributed by atoms with E-state index in [0.717, 1.165) is 18.4 Å². The largest absolute Gasteiger partial charge is 0.394 e. The number of aliphatic hydroxyl groups excluding tert-OH is 18. The number of fused-ring (bicyclic) bond motifs is 5. The highest BCUT2D eigenvalue weighted by Gasteiger charge is 2.72. The zero-order chi connectivity index (χ0) is 67.1. The number of aliphatic hydroxyl groups is 19. The first-order chi connectivity index (χ1) is 42.6. The van der Waals surface area contributed by atoms with Crippen molar-refractivity contribution >= 4 is 0 Å². The van der Waals surface area contributed by atoms with E-state index in [0.29, 0.717) is 25.7 Å². The van der Waals surface area contributed by atoms with Gasteiger partial charge >= 0.3 is 0 Å². The summed E-state index contributed by atoms with van der Waals surface area (Å²) in [7, 11) is 1.65. The Morgan fingerprint density at radius 3 is 1.45 bits per heavy atom. The summed E-state index contributed by atoms with van der Waals surface area (Å²) in [6.45, 7) is 12.3. The van der Waals surface area contributed by atoms with Gasteiger partial charge in [-0.1, -0.05) is 53.2 Å². The first-order valence-electron chi connectivity index (χ1n) is 32.0. The van der Waals surface area contributed by atoms with E-state index in [1.807, 2.05) is 13.8 Å². The molecular formula is C61H104O30. The molecule has 5 heterocycles. The summed E-state index contributed by atoms with van der Waals surface area (Å²) in [5.41, 5.74) is -3.12. The summed E-state index contributed by atoms with van der Waals surface area (Å²) in [5.74, 6) is -0.470. The fourth-order valence-corrected chi connectivity index (χ4v) is 17.2. The van der Waals surface area contributed by atoms with Crippen LogP contribution >= 0.6 is 0 Å². The predicted octanol–water partition coefficient (Wildman–Crippen LogP) is -5.78. The highest BCUT2D eigenvalue weighted by molar-refractivity contribution is 5.34. The molecule has 91 heavy (non-hydrogen) atoms. The van der Waals surface area contributed by atoms with Crippen LogP contribution in [-0.2, 0) is 52.1 Å². The molecule has 5 aliphatic heterocycles. The lowest BCUT2D eigenvalue weighted by Gasteiger charge is -2.68. The molecule has 0 aromatic carbocycles. The van der Waals surface area contributed by atoms with Crippen molar-refractivity contribution < 1.29 is 149 Å². The van der Waals surface area contributed by atoms with Gasteiger partial charge in [0.15, 0.2) is 31.5 Å². The molecule has 3 saturated carbocycles. The molecule has 0 aromatic rings. The molecule has 8 fully saturated rings. The Balaban J connectivity index is 0.906. The number of hydrogen-bond donors (Lipinski definition) is 19. The third-order valence-electron chi connectivity index (χ3n) is 23.1. The van der Waals surface area contributed by atoms with Crippen LogP contribution in [0.4, 0.5) is 0 Å². The van der Waals surface area contributed by atoms with Gasteiger partial charge in [0.2, 0.25) is 0 Å². The number of ether oxygens (including phenoxy) is 11. The van der Waals surface area contributed by atoms with Gasteiger partial charge in [-0.3, -0.25) is 0 Å². The van der Waals surface area contributed by atoms with E-state index >= 15 is 0 Å². The van der Waals surface area contributed by atoms with E-state index in [4.69, 9.17) is 52.1 Å². The number of rotatable bonds is 21. The quantitative estimate of drug-likeness (QED) is 0.0476. The Bertz CT molecular complexity index is 2400. The molecular weight excluding hydrogens is 1210 g/mol. The Kier molecular flexibility index (Phi) is 23.0. The van der Waals surface area contributed by atoms with Crippen LogP contribution in [0.15, 0.2) is 11.6 Å². The summed E-state index contributed by atoms with van der Waals surface area (Å²) in [5, 5.41) is 206. The van der Waals surface area contributed by atoms with E-state index in [9.17, 15) is 97.0 Å². The first-order valence-corrected chi connectivity index (χ1v) is 32.0. The molecule has 9 aliphatic rings. The van der Waals surface area contributed by atoms with Gasteiger partial charge in [0.25, 0.3) is 0 Å².